The van der Waals surface area contributed by atoms with Gasteiger partial charge in [-0.05, 0) is 75.3 Å². The number of carbonyl (C=O) groups is 1. The van der Waals surface area contributed by atoms with Crippen molar-refractivity contribution in [2.75, 3.05) is 13.2 Å². The number of imidazole rings is 1. The topological polar surface area (TPSA) is 44.1 Å². The zero-order valence-corrected chi connectivity index (χ0v) is 16.9. The van der Waals surface area contributed by atoms with Crippen molar-refractivity contribution in [1.82, 2.24) is 9.55 Å². The number of ketones is 1. The number of allylic oxidation sites excluding steroid dienone is 4. The largest absolute Gasteiger partial charge is 0.381 e. The third kappa shape index (κ3) is 4.38. The van der Waals surface area contributed by atoms with Gasteiger partial charge in [0.15, 0.2) is 5.78 Å². The molecule has 1 aromatic carbocycles. The number of aromatic nitrogens is 2. The Morgan fingerprint density at radius 2 is 2.04 bits per heavy atom. The lowest BCUT2D eigenvalue weighted by Gasteiger charge is -2.24. The predicted molar refractivity (Wildman–Crippen MR) is 111 cm³/mol. The predicted octanol–water partition coefficient (Wildman–Crippen LogP) is 4.96. The van der Waals surface area contributed by atoms with Crippen LogP contribution in [0.5, 0.6) is 0 Å². The normalized spacial score (nSPS) is 16.9. The van der Waals surface area contributed by atoms with E-state index in [1.165, 1.54) is 11.1 Å². The monoisotopic (exact) mass is 366 g/mol. The highest BCUT2D eigenvalue weighted by Gasteiger charge is 2.20. The van der Waals surface area contributed by atoms with Gasteiger partial charge in [0.05, 0.1) is 11.0 Å². The number of hydrogen-bond acceptors (Lipinski definition) is 3. The molecule has 4 nitrogen and oxygen atoms in total. The van der Waals surface area contributed by atoms with Crippen LogP contribution in [0.4, 0.5) is 0 Å². The molecule has 1 saturated heterocycles. The molecule has 0 unspecified atom stereocenters. The molecule has 1 aliphatic heterocycles. The first-order valence-corrected chi connectivity index (χ1v) is 9.96. The molecule has 2 heterocycles. The lowest BCUT2D eigenvalue weighted by molar-refractivity contribution is -0.113. The van der Waals surface area contributed by atoms with Crippen molar-refractivity contribution in [3.63, 3.8) is 0 Å². The highest BCUT2D eigenvalue weighted by atomic mass is 16.5. The van der Waals surface area contributed by atoms with Crippen LogP contribution in [0.15, 0.2) is 35.9 Å². The van der Waals surface area contributed by atoms with E-state index in [0.717, 1.165) is 61.5 Å². The van der Waals surface area contributed by atoms with Gasteiger partial charge in [0.1, 0.15) is 5.82 Å². The van der Waals surface area contributed by atoms with Crippen LogP contribution in [0.3, 0.4) is 0 Å². The maximum absolute atomic E-state index is 11.7. The molecule has 2 aromatic rings. The number of nitrogens with zero attached hydrogens (tertiary/aromatic N) is 2. The molecule has 0 atom stereocenters. The number of carbonyl (C=O) groups excluding carboxylic acids is 1. The lowest BCUT2D eigenvalue weighted by atomic mass is 10.00. The van der Waals surface area contributed by atoms with Gasteiger partial charge in [-0.25, -0.2) is 4.98 Å². The molecule has 0 radical (unpaired) electrons. The maximum atomic E-state index is 11.7. The Morgan fingerprint density at radius 3 is 2.67 bits per heavy atom. The highest BCUT2D eigenvalue weighted by molar-refractivity contribution is 5.96. The fourth-order valence-electron chi connectivity index (χ4n) is 3.59. The third-order valence-corrected chi connectivity index (χ3v) is 5.50. The Balaban J connectivity index is 2.10. The molecule has 1 aliphatic rings. The van der Waals surface area contributed by atoms with E-state index in [0.29, 0.717) is 5.92 Å². The molecule has 144 valence electrons. The molecule has 0 saturated carbocycles. The molecule has 0 bridgehead atoms. The molecule has 3 rings (SSSR count). The van der Waals surface area contributed by atoms with E-state index >= 15 is 0 Å². The van der Waals surface area contributed by atoms with E-state index in [-0.39, 0.29) is 5.78 Å². The minimum Gasteiger partial charge on any atom is -0.381 e. The first-order valence-electron chi connectivity index (χ1n) is 9.96. The van der Waals surface area contributed by atoms with Gasteiger partial charge in [-0.1, -0.05) is 19.1 Å². The molecule has 0 amide bonds. The first-order chi connectivity index (χ1) is 13.0. The van der Waals surface area contributed by atoms with Crippen LogP contribution in [0, 0.1) is 5.92 Å². The molecular weight excluding hydrogens is 336 g/mol. The van der Waals surface area contributed by atoms with Gasteiger partial charge in [-0.2, -0.15) is 0 Å². The van der Waals surface area contributed by atoms with Crippen LogP contribution in [-0.2, 0) is 22.5 Å². The van der Waals surface area contributed by atoms with Gasteiger partial charge in [-0.3, -0.25) is 4.79 Å². The number of aryl methyl sites for hydroxylation is 1. The Hall–Kier alpha value is -2.20. The lowest BCUT2D eigenvalue weighted by Crippen LogP contribution is -2.21. The van der Waals surface area contributed by atoms with Crippen molar-refractivity contribution < 1.29 is 9.53 Å². The van der Waals surface area contributed by atoms with Crippen LogP contribution in [0.1, 0.15) is 51.9 Å². The first kappa shape index (κ1) is 19.6. The summed E-state index contributed by atoms with van der Waals surface area (Å²) in [6.07, 6.45) is 7.19. The van der Waals surface area contributed by atoms with Gasteiger partial charge in [0.2, 0.25) is 0 Å². The smallest absolute Gasteiger partial charge is 0.155 e. The summed E-state index contributed by atoms with van der Waals surface area (Å²) in [6, 6.07) is 6.54. The molecule has 0 spiro atoms. The van der Waals surface area contributed by atoms with Crippen molar-refractivity contribution >= 4 is 22.4 Å². The Labute approximate surface area is 161 Å². The molecular formula is C23H30N2O2. The second-order valence-corrected chi connectivity index (χ2v) is 7.41. The van der Waals surface area contributed by atoms with Gasteiger partial charge < -0.3 is 9.30 Å². The zero-order valence-electron chi connectivity index (χ0n) is 16.9. The van der Waals surface area contributed by atoms with Crippen molar-refractivity contribution in [1.29, 1.82) is 0 Å². The quantitative estimate of drug-likeness (QED) is 0.536. The maximum Gasteiger partial charge on any atom is 0.155 e. The SMILES string of the molecule is C/C=C(\C=C(\C)C(C)=O)c1nc2ccc(CC)cc2n1CC1CCOCC1. The van der Waals surface area contributed by atoms with E-state index in [2.05, 4.69) is 35.8 Å². The molecule has 0 aliphatic carbocycles. The average molecular weight is 367 g/mol. The number of fused-ring (bicyclic) bond motifs is 1. The fourth-order valence-corrected chi connectivity index (χ4v) is 3.59. The van der Waals surface area contributed by atoms with Crippen LogP contribution < -0.4 is 0 Å². The van der Waals surface area contributed by atoms with Crippen LogP contribution in [-0.4, -0.2) is 28.5 Å². The summed E-state index contributed by atoms with van der Waals surface area (Å²) in [5, 5.41) is 0. The summed E-state index contributed by atoms with van der Waals surface area (Å²) in [6.45, 7) is 10.3. The number of benzene rings is 1. The van der Waals surface area contributed by atoms with E-state index in [4.69, 9.17) is 9.72 Å². The van der Waals surface area contributed by atoms with Gasteiger partial charge in [0.25, 0.3) is 0 Å². The third-order valence-electron chi connectivity index (χ3n) is 5.50. The van der Waals surface area contributed by atoms with Crippen molar-refractivity contribution in [3.8, 4) is 0 Å². The zero-order chi connectivity index (χ0) is 19.4. The summed E-state index contributed by atoms with van der Waals surface area (Å²) in [7, 11) is 0. The van der Waals surface area contributed by atoms with E-state index < -0.39 is 0 Å². The minimum absolute atomic E-state index is 0.0923. The molecule has 1 fully saturated rings. The summed E-state index contributed by atoms with van der Waals surface area (Å²) in [5.41, 5.74) is 5.28. The Kier molecular flexibility index (Phi) is 6.27. The van der Waals surface area contributed by atoms with E-state index in [9.17, 15) is 4.79 Å². The van der Waals surface area contributed by atoms with Crippen molar-refractivity contribution in [2.24, 2.45) is 5.92 Å². The summed E-state index contributed by atoms with van der Waals surface area (Å²) >= 11 is 0. The molecule has 4 heteroatoms. The minimum atomic E-state index is 0.0923. The van der Waals surface area contributed by atoms with Crippen LogP contribution >= 0.6 is 0 Å². The van der Waals surface area contributed by atoms with Crippen molar-refractivity contribution in [3.05, 3.63) is 47.3 Å². The van der Waals surface area contributed by atoms with E-state index in [1.54, 1.807) is 6.92 Å². The van der Waals surface area contributed by atoms with Crippen molar-refractivity contribution in [2.45, 2.75) is 53.5 Å². The van der Waals surface area contributed by atoms with Gasteiger partial charge in [0, 0.05) is 25.3 Å². The molecule has 1 aromatic heterocycles. The molecule has 0 N–H and O–H groups in total. The number of rotatable bonds is 6. The Morgan fingerprint density at radius 1 is 1.30 bits per heavy atom. The number of Topliss-reactive ketones (excluding diaryl/α,β-unsaturated/α-hetero) is 1. The summed E-state index contributed by atoms with van der Waals surface area (Å²) in [4.78, 5) is 16.7. The van der Waals surface area contributed by atoms with Gasteiger partial charge >= 0.3 is 0 Å². The average Bonchev–Trinajstić information content (AvgIpc) is 3.04. The number of hydrogen-bond donors (Lipinski definition) is 0. The highest BCUT2D eigenvalue weighted by Crippen LogP contribution is 2.28. The standard InChI is InChI=1S/C23H30N2O2/c1-5-18-7-8-21-22(14-18)25(15-19-9-11-27-12-10-19)23(24-21)20(6-2)13-16(3)17(4)26/h6-8,13-14,19H,5,9-12,15H2,1-4H3/b16-13-,20-6+. The molecule has 27 heavy (non-hydrogen) atoms. The second-order valence-electron chi connectivity index (χ2n) is 7.41. The van der Waals surface area contributed by atoms with E-state index in [1.807, 2.05) is 19.9 Å². The van der Waals surface area contributed by atoms with Crippen LogP contribution in [0.25, 0.3) is 16.6 Å². The van der Waals surface area contributed by atoms with Gasteiger partial charge in [-0.15, -0.1) is 0 Å². The Bertz CT molecular complexity index is 883. The number of ether oxygens (including phenoxy) is 1. The second kappa shape index (κ2) is 8.66. The fraction of sp³-hybridized carbons (Fsp3) is 0.478. The van der Waals surface area contributed by atoms with Crippen LogP contribution in [0.2, 0.25) is 0 Å². The summed E-state index contributed by atoms with van der Waals surface area (Å²) < 4.78 is 7.89. The summed E-state index contributed by atoms with van der Waals surface area (Å²) in [5.74, 6) is 1.64.